The van der Waals surface area contributed by atoms with Crippen molar-refractivity contribution in [1.29, 1.82) is 0 Å². The van der Waals surface area contributed by atoms with Crippen LogP contribution < -0.4 is 10.6 Å². The van der Waals surface area contributed by atoms with Crippen molar-refractivity contribution in [2.45, 2.75) is 25.3 Å². The molecule has 0 radical (unpaired) electrons. The molecule has 1 saturated heterocycles. The van der Waals surface area contributed by atoms with Crippen LogP contribution in [-0.4, -0.2) is 105 Å². The Bertz CT molecular complexity index is 999. The Balaban J connectivity index is 1.30. The molecule has 1 atom stereocenters. The van der Waals surface area contributed by atoms with Gasteiger partial charge in [0.05, 0.1) is 70.4 Å². The van der Waals surface area contributed by atoms with Crippen LogP contribution in [0.15, 0.2) is 18.2 Å². The van der Waals surface area contributed by atoms with Crippen molar-refractivity contribution in [2.24, 2.45) is 0 Å². The Kier molecular flexibility index (Phi) is 11.0. The van der Waals surface area contributed by atoms with Crippen LogP contribution in [-0.2, 0) is 33.3 Å². The lowest BCUT2D eigenvalue weighted by Gasteiger charge is -2.27. The first-order chi connectivity index (χ1) is 17.9. The maximum absolute atomic E-state index is 13.0. The van der Waals surface area contributed by atoms with Gasteiger partial charge in [-0.25, -0.2) is 0 Å². The van der Waals surface area contributed by atoms with Gasteiger partial charge < -0.3 is 29.4 Å². The number of ether oxygens (including phenoxy) is 4. The van der Waals surface area contributed by atoms with E-state index in [1.54, 1.807) is 12.1 Å². The Morgan fingerprint density at radius 3 is 2.16 bits per heavy atom. The van der Waals surface area contributed by atoms with Crippen molar-refractivity contribution in [3.8, 4) is 0 Å². The predicted molar refractivity (Wildman–Crippen MR) is 127 cm³/mol. The lowest BCUT2D eigenvalue weighted by molar-refractivity contribution is -0.138. The molecule has 2 aliphatic heterocycles. The van der Waals surface area contributed by atoms with Gasteiger partial charge in [-0.1, -0.05) is 6.07 Å². The first kappa shape index (κ1) is 28.2. The standard InChI is InChI=1S/C24H31N3O10/c28-19-5-4-18(22(31)26-19)27-23(32)16-2-1-3-17(21(16)24(27)33)25-7-9-35-11-13-37-15-14-36-12-10-34-8-6-20(29)30/h1-3,18,25H,4-15H2,(H,29,30)(H,26,28,31)/t18-/m0/s1. The fourth-order valence-electron chi connectivity index (χ4n) is 3.84. The highest BCUT2D eigenvalue weighted by molar-refractivity contribution is 6.25. The quantitative estimate of drug-likeness (QED) is 0.187. The minimum atomic E-state index is -1.01. The molecule has 0 aromatic heterocycles. The minimum Gasteiger partial charge on any atom is -0.481 e. The highest BCUT2D eigenvalue weighted by Crippen LogP contribution is 2.32. The van der Waals surface area contributed by atoms with Crippen LogP contribution in [0.5, 0.6) is 0 Å². The Hall–Kier alpha value is -3.39. The van der Waals surface area contributed by atoms with Crippen molar-refractivity contribution in [3.63, 3.8) is 0 Å². The van der Waals surface area contributed by atoms with E-state index in [-0.39, 0.29) is 37.0 Å². The summed E-state index contributed by atoms with van der Waals surface area (Å²) in [5.41, 5.74) is 0.880. The number of anilines is 1. The van der Waals surface area contributed by atoms with E-state index in [1.807, 2.05) is 0 Å². The smallest absolute Gasteiger partial charge is 0.305 e. The number of carboxylic acids is 1. The molecule has 0 saturated carbocycles. The Morgan fingerprint density at radius 2 is 1.54 bits per heavy atom. The number of amides is 4. The second-order valence-electron chi connectivity index (χ2n) is 8.20. The first-order valence-corrected chi connectivity index (χ1v) is 12.0. The summed E-state index contributed by atoms with van der Waals surface area (Å²) >= 11 is 0. The van der Waals surface area contributed by atoms with Gasteiger partial charge >= 0.3 is 5.97 Å². The van der Waals surface area contributed by atoms with E-state index in [0.717, 1.165) is 4.90 Å². The Labute approximate surface area is 213 Å². The molecule has 1 fully saturated rings. The van der Waals surface area contributed by atoms with Gasteiger partial charge in [-0.2, -0.15) is 0 Å². The number of rotatable bonds is 17. The molecular formula is C24H31N3O10. The number of hydrogen-bond donors (Lipinski definition) is 3. The van der Waals surface area contributed by atoms with Gasteiger partial charge in [0.15, 0.2) is 0 Å². The molecule has 0 bridgehead atoms. The third kappa shape index (κ3) is 8.05. The zero-order valence-electron chi connectivity index (χ0n) is 20.4. The lowest BCUT2D eigenvalue weighted by atomic mass is 10.0. The molecule has 1 aromatic carbocycles. The van der Waals surface area contributed by atoms with Crippen LogP contribution in [0.4, 0.5) is 5.69 Å². The van der Waals surface area contributed by atoms with Crippen molar-refractivity contribution in [2.75, 3.05) is 64.7 Å². The van der Waals surface area contributed by atoms with E-state index in [2.05, 4.69) is 10.6 Å². The number of piperidine rings is 1. The number of aliphatic carboxylic acids is 1. The summed E-state index contributed by atoms with van der Waals surface area (Å²) in [6, 6.07) is 3.86. The zero-order chi connectivity index (χ0) is 26.6. The van der Waals surface area contributed by atoms with Crippen molar-refractivity contribution >= 4 is 35.3 Å². The van der Waals surface area contributed by atoms with E-state index in [1.165, 1.54) is 6.07 Å². The van der Waals surface area contributed by atoms with Crippen molar-refractivity contribution < 1.29 is 48.0 Å². The van der Waals surface area contributed by atoms with Crippen LogP contribution in [0.1, 0.15) is 40.0 Å². The maximum atomic E-state index is 13.0. The second kappa shape index (κ2) is 14.4. The van der Waals surface area contributed by atoms with E-state index in [0.29, 0.717) is 58.5 Å². The largest absolute Gasteiger partial charge is 0.481 e. The van der Waals surface area contributed by atoms with Gasteiger partial charge in [-0.05, 0) is 18.6 Å². The summed E-state index contributed by atoms with van der Waals surface area (Å²) in [6.07, 6.45) is 0.130. The molecule has 2 aliphatic rings. The number of benzene rings is 1. The molecule has 13 heteroatoms. The van der Waals surface area contributed by atoms with E-state index < -0.39 is 35.6 Å². The number of carboxylic acid groups (broad SMARTS) is 1. The average molecular weight is 522 g/mol. The van der Waals surface area contributed by atoms with E-state index in [4.69, 9.17) is 24.1 Å². The van der Waals surface area contributed by atoms with Crippen LogP contribution in [0, 0.1) is 0 Å². The average Bonchev–Trinajstić information content (AvgIpc) is 3.12. The van der Waals surface area contributed by atoms with Gasteiger partial charge in [0.2, 0.25) is 11.8 Å². The third-order valence-corrected chi connectivity index (χ3v) is 5.61. The highest BCUT2D eigenvalue weighted by Gasteiger charge is 2.45. The fraction of sp³-hybridized carbons (Fsp3) is 0.542. The predicted octanol–water partition coefficient (Wildman–Crippen LogP) is 0.0408. The number of carbonyl (C=O) groups excluding carboxylic acids is 4. The van der Waals surface area contributed by atoms with E-state index >= 15 is 0 Å². The van der Waals surface area contributed by atoms with Crippen molar-refractivity contribution in [3.05, 3.63) is 29.3 Å². The molecule has 1 aromatic rings. The van der Waals surface area contributed by atoms with Gasteiger partial charge in [0, 0.05) is 18.7 Å². The third-order valence-electron chi connectivity index (χ3n) is 5.61. The number of hydrogen-bond acceptors (Lipinski definition) is 10. The van der Waals surface area contributed by atoms with Crippen LogP contribution in [0.2, 0.25) is 0 Å². The topological polar surface area (TPSA) is 170 Å². The first-order valence-electron chi connectivity index (χ1n) is 12.0. The lowest BCUT2D eigenvalue weighted by Crippen LogP contribution is -2.54. The maximum Gasteiger partial charge on any atom is 0.305 e. The summed E-state index contributed by atoms with van der Waals surface area (Å²) in [5, 5.41) is 13.8. The number of imide groups is 2. The molecule has 3 N–H and O–H groups in total. The second-order valence-corrected chi connectivity index (χ2v) is 8.20. The molecular weight excluding hydrogens is 490 g/mol. The molecule has 2 heterocycles. The normalized spacial score (nSPS) is 17.2. The molecule has 4 amide bonds. The fourth-order valence-corrected chi connectivity index (χ4v) is 3.84. The van der Waals surface area contributed by atoms with Gasteiger partial charge in [0.1, 0.15) is 6.04 Å². The molecule has 3 rings (SSSR count). The highest BCUT2D eigenvalue weighted by atomic mass is 16.6. The summed E-state index contributed by atoms with van der Waals surface area (Å²) in [6.45, 7) is 3.02. The van der Waals surface area contributed by atoms with E-state index in [9.17, 15) is 24.0 Å². The summed E-state index contributed by atoms with van der Waals surface area (Å²) < 4.78 is 21.3. The monoisotopic (exact) mass is 521 g/mol. The van der Waals surface area contributed by atoms with Crippen LogP contribution in [0.25, 0.3) is 0 Å². The number of carbonyl (C=O) groups is 5. The van der Waals surface area contributed by atoms with Crippen LogP contribution >= 0.6 is 0 Å². The van der Waals surface area contributed by atoms with Crippen molar-refractivity contribution in [1.82, 2.24) is 10.2 Å². The summed E-state index contributed by atoms with van der Waals surface area (Å²) in [4.78, 5) is 60.8. The SMILES string of the molecule is O=C(O)CCOCCOCCOCCOCCNc1cccc2c1C(=O)N([C@H]1CCC(=O)NC1=O)C2=O. The molecule has 0 unspecified atom stereocenters. The molecule has 13 nitrogen and oxygen atoms in total. The van der Waals surface area contributed by atoms with Gasteiger partial charge in [-0.3, -0.25) is 34.2 Å². The number of nitrogens with one attached hydrogen (secondary N) is 2. The molecule has 0 aliphatic carbocycles. The summed E-state index contributed by atoms with van der Waals surface area (Å²) in [5.74, 6) is -3.09. The molecule has 0 spiro atoms. The molecule has 37 heavy (non-hydrogen) atoms. The van der Waals surface area contributed by atoms with Gasteiger partial charge in [-0.15, -0.1) is 0 Å². The van der Waals surface area contributed by atoms with Crippen LogP contribution in [0.3, 0.4) is 0 Å². The number of nitrogens with zero attached hydrogens (tertiary/aromatic N) is 1. The minimum absolute atomic E-state index is 0.0346. The molecule has 202 valence electrons. The Morgan fingerprint density at radius 1 is 0.919 bits per heavy atom. The van der Waals surface area contributed by atoms with Gasteiger partial charge in [0.25, 0.3) is 11.8 Å². The zero-order valence-corrected chi connectivity index (χ0v) is 20.4. The summed E-state index contributed by atoms with van der Waals surface area (Å²) in [7, 11) is 0. The number of fused-ring (bicyclic) bond motifs is 1.